The molecule has 0 aromatic heterocycles. The Labute approximate surface area is 97.0 Å². The van der Waals surface area contributed by atoms with Gasteiger partial charge in [0.05, 0.1) is 21.1 Å². The number of carbonyl (C=O) groups is 1. The van der Waals surface area contributed by atoms with Crippen molar-refractivity contribution < 1.29 is 33.7 Å². The molecule has 74 valence electrons. The topological polar surface area (TPSA) is 21.5 Å². The lowest BCUT2D eigenvalue weighted by Crippen LogP contribution is -3.02. The van der Waals surface area contributed by atoms with E-state index in [0.29, 0.717) is 0 Å². The van der Waals surface area contributed by atoms with E-state index in [1.165, 1.54) is 4.90 Å². The molecule has 1 aromatic rings. The average Bonchev–Trinajstić information content (AvgIpc) is 2.05. The highest BCUT2D eigenvalue weighted by atomic mass is 127. The van der Waals surface area contributed by atoms with Crippen LogP contribution in [0.5, 0.6) is 0 Å². The van der Waals surface area contributed by atoms with Crippen molar-refractivity contribution in [1.29, 1.82) is 0 Å². The monoisotopic (exact) mass is 293 g/mol. The Bertz CT molecular complexity index is 209. The number of nitrogens with one attached hydrogen (secondary N) is 1. The number of benzene rings is 1. The van der Waals surface area contributed by atoms with Crippen molar-refractivity contribution in [1.82, 2.24) is 0 Å². The van der Waals surface area contributed by atoms with Gasteiger partial charge in [0.2, 0.25) is 0 Å². The normalized spacial score (nSPS) is 8.00. The molecular weight excluding hydrogens is 277 g/mol. The van der Waals surface area contributed by atoms with Gasteiger partial charge in [-0.2, -0.15) is 0 Å². The SMILES string of the molecule is C[NH+](C)C.O=Cc1ccccc1.[I-]. The van der Waals surface area contributed by atoms with Gasteiger partial charge in [-0.05, 0) is 0 Å². The maximum absolute atomic E-state index is 10.0. The minimum absolute atomic E-state index is 0. The standard InChI is InChI=1S/C7H6O.C3H9N.HI/c8-6-7-4-2-1-3-5-7;1-4(2)3;/h1-6H;1-3H3;1H. The van der Waals surface area contributed by atoms with Crippen LogP contribution in [-0.2, 0) is 0 Å². The van der Waals surface area contributed by atoms with E-state index >= 15 is 0 Å². The van der Waals surface area contributed by atoms with Crippen molar-refractivity contribution >= 4 is 6.29 Å². The van der Waals surface area contributed by atoms with E-state index in [2.05, 4.69) is 21.1 Å². The third-order valence-corrected chi connectivity index (χ3v) is 0.936. The van der Waals surface area contributed by atoms with Crippen molar-refractivity contribution in [2.24, 2.45) is 0 Å². The van der Waals surface area contributed by atoms with Crippen LogP contribution >= 0.6 is 0 Å². The zero-order valence-corrected chi connectivity index (χ0v) is 10.4. The average molecular weight is 293 g/mol. The van der Waals surface area contributed by atoms with Gasteiger partial charge in [-0.1, -0.05) is 30.3 Å². The smallest absolute Gasteiger partial charge is 0.150 e. The predicted octanol–water partition coefficient (Wildman–Crippen LogP) is -2.74. The summed E-state index contributed by atoms with van der Waals surface area (Å²) in [6.07, 6.45) is 0.833. The zero-order chi connectivity index (χ0) is 9.40. The summed E-state index contributed by atoms with van der Waals surface area (Å²) in [6, 6.07) is 9.10. The van der Waals surface area contributed by atoms with Gasteiger partial charge in [0.25, 0.3) is 0 Å². The summed E-state index contributed by atoms with van der Waals surface area (Å²) in [5.74, 6) is 0. The molecule has 0 fully saturated rings. The molecular formula is C10H16INO. The number of hydrogen-bond acceptors (Lipinski definition) is 1. The minimum atomic E-state index is 0. The summed E-state index contributed by atoms with van der Waals surface area (Å²) >= 11 is 0. The summed E-state index contributed by atoms with van der Waals surface area (Å²) in [7, 11) is 6.25. The molecule has 0 aliphatic carbocycles. The van der Waals surface area contributed by atoms with Crippen LogP contribution in [0, 0.1) is 0 Å². The Morgan fingerprint density at radius 1 is 1.08 bits per heavy atom. The van der Waals surface area contributed by atoms with Gasteiger partial charge in [0.1, 0.15) is 6.29 Å². The highest BCUT2D eigenvalue weighted by Gasteiger charge is 1.79. The summed E-state index contributed by atoms with van der Waals surface area (Å²) in [4.78, 5) is 11.4. The maximum Gasteiger partial charge on any atom is 0.150 e. The van der Waals surface area contributed by atoms with Crippen molar-refractivity contribution in [3.05, 3.63) is 35.9 Å². The molecule has 0 spiro atoms. The summed E-state index contributed by atoms with van der Waals surface area (Å²) in [6.45, 7) is 0. The van der Waals surface area contributed by atoms with Gasteiger partial charge in [0.15, 0.2) is 0 Å². The predicted molar refractivity (Wildman–Crippen MR) is 50.6 cm³/mol. The van der Waals surface area contributed by atoms with E-state index in [1.54, 1.807) is 12.1 Å². The van der Waals surface area contributed by atoms with Crippen LogP contribution in [0.25, 0.3) is 0 Å². The number of aldehydes is 1. The number of rotatable bonds is 1. The molecule has 0 aliphatic rings. The Kier molecular flexibility index (Phi) is 11.2. The van der Waals surface area contributed by atoms with Gasteiger partial charge < -0.3 is 28.9 Å². The third-order valence-electron chi connectivity index (χ3n) is 0.936. The number of quaternary nitrogens is 1. The van der Waals surface area contributed by atoms with Crippen LogP contribution in [0.15, 0.2) is 30.3 Å². The summed E-state index contributed by atoms with van der Waals surface area (Å²) < 4.78 is 0. The van der Waals surface area contributed by atoms with Gasteiger partial charge in [-0.25, -0.2) is 0 Å². The van der Waals surface area contributed by atoms with E-state index in [0.717, 1.165) is 11.8 Å². The maximum atomic E-state index is 10.0. The molecule has 0 heterocycles. The molecule has 1 rings (SSSR count). The second-order valence-electron chi connectivity index (χ2n) is 3.03. The Morgan fingerprint density at radius 3 is 1.69 bits per heavy atom. The minimum Gasteiger partial charge on any atom is -1.00 e. The molecule has 0 amide bonds. The Morgan fingerprint density at radius 2 is 1.46 bits per heavy atom. The fraction of sp³-hybridized carbons (Fsp3) is 0.300. The molecule has 0 atom stereocenters. The molecule has 0 unspecified atom stereocenters. The molecule has 2 nitrogen and oxygen atoms in total. The molecule has 0 radical (unpaired) electrons. The van der Waals surface area contributed by atoms with Crippen LogP contribution in [0.3, 0.4) is 0 Å². The first-order valence-corrected chi connectivity index (χ1v) is 3.94. The molecule has 0 saturated heterocycles. The summed E-state index contributed by atoms with van der Waals surface area (Å²) in [5, 5.41) is 0. The molecule has 1 aromatic carbocycles. The first-order valence-electron chi connectivity index (χ1n) is 3.94. The van der Waals surface area contributed by atoms with Gasteiger partial charge in [0, 0.05) is 5.56 Å². The quantitative estimate of drug-likeness (QED) is 0.440. The lowest BCUT2D eigenvalue weighted by molar-refractivity contribution is -0.836. The number of hydrogen-bond donors (Lipinski definition) is 1. The largest absolute Gasteiger partial charge is 1.00 e. The van der Waals surface area contributed by atoms with Gasteiger partial charge in [-0.15, -0.1) is 0 Å². The van der Waals surface area contributed by atoms with Crippen molar-refractivity contribution in [2.75, 3.05) is 21.1 Å². The van der Waals surface area contributed by atoms with E-state index in [4.69, 9.17) is 0 Å². The van der Waals surface area contributed by atoms with E-state index in [-0.39, 0.29) is 24.0 Å². The molecule has 0 bridgehead atoms. The van der Waals surface area contributed by atoms with Crippen LogP contribution in [0.4, 0.5) is 0 Å². The molecule has 3 heteroatoms. The van der Waals surface area contributed by atoms with Crippen molar-refractivity contribution in [3.63, 3.8) is 0 Å². The molecule has 13 heavy (non-hydrogen) atoms. The Hall–Kier alpha value is -0.420. The second-order valence-corrected chi connectivity index (χ2v) is 3.03. The van der Waals surface area contributed by atoms with Gasteiger partial charge >= 0.3 is 0 Å². The lowest BCUT2D eigenvalue weighted by Gasteiger charge is -1.88. The first kappa shape index (κ1) is 15.1. The van der Waals surface area contributed by atoms with Gasteiger partial charge in [-0.3, -0.25) is 4.79 Å². The first-order chi connectivity index (χ1) is 5.66. The Balaban J connectivity index is 0. The van der Waals surface area contributed by atoms with Crippen LogP contribution in [-0.4, -0.2) is 27.4 Å². The van der Waals surface area contributed by atoms with Crippen molar-refractivity contribution in [3.8, 4) is 0 Å². The highest BCUT2D eigenvalue weighted by Crippen LogP contribution is 1.91. The lowest BCUT2D eigenvalue weighted by atomic mass is 10.2. The fourth-order valence-corrected chi connectivity index (χ4v) is 0.532. The van der Waals surface area contributed by atoms with E-state index in [1.807, 2.05) is 18.2 Å². The zero-order valence-electron chi connectivity index (χ0n) is 8.25. The highest BCUT2D eigenvalue weighted by molar-refractivity contribution is 5.74. The third kappa shape index (κ3) is 11.6. The van der Waals surface area contributed by atoms with Crippen LogP contribution < -0.4 is 28.9 Å². The molecule has 0 saturated carbocycles. The van der Waals surface area contributed by atoms with Crippen molar-refractivity contribution in [2.45, 2.75) is 0 Å². The van der Waals surface area contributed by atoms with E-state index < -0.39 is 0 Å². The number of halogens is 1. The second kappa shape index (κ2) is 9.67. The summed E-state index contributed by atoms with van der Waals surface area (Å²) in [5.41, 5.74) is 0.729. The molecule has 1 N–H and O–H groups in total. The van der Waals surface area contributed by atoms with E-state index in [9.17, 15) is 4.79 Å². The van der Waals surface area contributed by atoms with Crippen LogP contribution in [0.1, 0.15) is 10.4 Å². The van der Waals surface area contributed by atoms with Crippen LogP contribution in [0.2, 0.25) is 0 Å². The fourth-order valence-electron chi connectivity index (χ4n) is 0.532. The number of carbonyl (C=O) groups excluding carboxylic acids is 1. The molecule has 0 aliphatic heterocycles.